The van der Waals surface area contributed by atoms with Gasteiger partial charge in [0.15, 0.2) is 0 Å². The van der Waals surface area contributed by atoms with E-state index in [2.05, 4.69) is 10.3 Å². The van der Waals surface area contributed by atoms with Gasteiger partial charge in [-0.2, -0.15) is 0 Å². The maximum absolute atomic E-state index is 12.2. The van der Waals surface area contributed by atoms with Crippen molar-refractivity contribution < 1.29 is 9.90 Å². The minimum Gasteiger partial charge on any atom is -0.392 e. The SMILES string of the molecule is O=C(NCc1cccc(CO)c1)c1ccc2cc[nH]c2c1. The van der Waals surface area contributed by atoms with Crippen molar-refractivity contribution in [3.63, 3.8) is 0 Å². The van der Waals surface area contributed by atoms with Crippen molar-refractivity contribution in [3.8, 4) is 0 Å². The Kier molecular flexibility index (Phi) is 3.71. The van der Waals surface area contributed by atoms with Gasteiger partial charge in [0.25, 0.3) is 5.91 Å². The van der Waals surface area contributed by atoms with Crippen LogP contribution in [0, 0.1) is 0 Å². The van der Waals surface area contributed by atoms with Crippen molar-refractivity contribution in [2.45, 2.75) is 13.2 Å². The standard InChI is InChI=1S/C17H16N2O2/c20-11-13-3-1-2-12(8-13)10-19-17(21)15-5-4-14-6-7-18-16(14)9-15/h1-9,18,20H,10-11H2,(H,19,21). The molecular formula is C17H16N2O2. The van der Waals surface area contributed by atoms with E-state index in [1.807, 2.05) is 54.7 Å². The molecule has 3 aromatic rings. The summed E-state index contributed by atoms with van der Waals surface area (Å²) in [5.41, 5.74) is 3.39. The number of aliphatic hydroxyl groups excluding tert-OH is 1. The molecule has 1 aromatic heterocycles. The van der Waals surface area contributed by atoms with E-state index < -0.39 is 0 Å². The van der Waals surface area contributed by atoms with Crippen molar-refractivity contribution in [1.82, 2.24) is 10.3 Å². The Morgan fingerprint density at radius 1 is 1.10 bits per heavy atom. The van der Waals surface area contributed by atoms with E-state index in [4.69, 9.17) is 5.11 Å². The number of rotatable bonds is 4. The van der Waals surface area contributed by atoms with E-state index in [-0.39, 0.29) is 12.5 Å². The highest BCUT2D eigenvalue weighted by Gasteiger charge is 2.06. The number of hydrogen-bond acceptors (Lipinski definition) is 2. The number of amides is 1. The molecule has 0 aliphatic carbocycles. The molecule has 3 rings (SSSR count). The molecule has 0 saturated heterocycles. The van der Waals surface area contributed by atoms with Gasteiger partial charge in [-0.25, -0.2) is 0 Å². The summed E-state index contributed by atoms with van der Waals surface area (Å²) in [5.74, 6) is -0.110. The molecule has 3 N–H and O–H groups in total. The van der Waals surface area contributed by atoms with Gasteiger partial charge in [0.2, 0.25) is 0 Å². The fraction of sp³-hybridized carbons (Fsp3) is 0.118. The molecule has 0 aliphatic heterocycles. The van der Waals surface area contributed by atoms with E-state index in [0.717, 1.165) is 22.0 Å². The molecule has 4 heteroatoms. The average Bonchev–Trinajstić information content (AvgIpc) is 3.00. The lowest BCUT2D eigenvalue weighted by Crippen LogP contribution is -2.22. The molecule has 2 aromatic carbocycles. The number of aromatic nitrogens is 1. The summed E-state index contributed by atoms with van der Waals surface area (Å²) >= 11 is 0. The molecule has 0 atom stereocenters. The van der Waals surface area contributed by atoms with Crippen molar-refractivity contribution in [2.75, 3.05) is 0 Å². The van der Waals surface area contributed by atoms with Crippen LogP contribution in [0.2, 0.25) is 0 Å². The number of aromatic amines is 1. The van der Waals surface area contributed by atoms with Crippen LogP contribution < -0.4 is 5.32 Å². The van der Waals surface area contributed by atoms with E-state index in [0.29, 0.717) is 12.1 Å². The van der Waals surface area contributed by atoms with Crippen LogP contribution in [0.4, 0.5) is 0 Å². The van der Waals surface area contributed by atoms with Crippen LogP contribution in [0.25, 0.3) is 10.9 Å². The average molecular weight is 280 g/mol. The first-order chi connectivity index (χ1) is 10.3. The molecule has 21 heavy (non-hydrogen) atoms. The molecule has 0 aliphatic rings. The highest BCUT2D eigenvalue weighted by atomic mass is 16.3. The Morgan fingerprint density at radius 3 is 2.81 bits per heavy atom. The summed E-state index contributed by atoms with van der Waals surface area (Å²) < 4.78 is 0. The summed E-state index contributed by atoms with van der Waals surface area (Å²) in [6.07, 6.45) is 1.85. The number of H-pyrrole nitrogens is 1. The molecule has 0 radical (unpaired) electrons. The van der Waals surface area contributed by atoms with Crippen LogP contribution in [0.15, 0.2) is 54.7 Å². The molecule has 106 valence electrons. The number of nitrogens with one attached hydrogen (secondary N) is 2. The summed E-state index contributed by atoms with van der Waals surface area (Å²) in [4.78, 5) is 15.3. The monoisotopic (exact) mass is 280 g/mol. The maximum Gasteiger partial charge on any atom is 0.251 e. The van der Waals surface area contributed by atoms with Crippen LogP contribution in [0.3, 0.4) is 0 Å². The molecule has 0 unspecified atom stereocenters. The van der Waals surface area contributed by atoms with Crippen molar-refractivity contribution in [2.24, 2.45) is 0 Å². The fourth-order valence-corrected chi connectivity index (χ4v) is 2.31. The van der Waals surface area contributed by atoms with E-state index in [1.54, 1.807) is 0 Å². The number of hydrogen-bond donors (Lipinski definition) is 3. The molecule has 4 nitrogen and oxygen atoms in total. The summed E-state index contributed by atoms with van der Waals surface area (Å²) in [6, 6.07) is 15.1. The zero-order valence-electron chi connectivity index (χ0n) is 11.5. The van der Waals surface area contributed by atoms with Gasteiger partial charge in [0.1, 0.15) is 0 Å². The number of carbonyl (C=O) groups excluding carboxylic acids is 1. The first kappa shape index (κ1) is 13.4. The second-order valence-corrected chi connectivity index (χ2v) is 4.94. The highest BCUT2D eigenvalue weighted by molar-refractivity contribution is 5.97. The van der Waals surface area contributed by atoms with E-state index >= 15 is 0 Å². The van der Waals surface area contributed by atoms with Crippen molar-refractivity contribution in [1.29, 1.82) is 0 Å². The molecule has 0 fully saturated rings. The number of carbonyl (C=O) groups is 1. The van der Waals surface area contributed by atoms with Crippen LogP contribution in [0.1, 0.15) is 21.5 Å². The molecular weight excluding hydrogens is 264 g/mol. The Labute approximate surface area is 122 Å². The number of fused-ring (bicyclic) bond motifs is 1. The normalized spacial score (nSPS) is 10.7. The maximum atomic E-state index is 12.2. The quantitative estimate of drug-likeness (QED) is 0.687. The van der Waals surface area contributed by atoms with Crippen molar-refractivity contribution in [3.05, 3.63) is 71.4 Å². The van der Waals surface area contributed by atoms with Crippen LogP contribution in [-0.4, -0.2) is 16.0 Å². The second kappa shape index (κ2) is 5.81. The summed E-state index contributed by atoms with van der Waals surface area (Å²) in [7, 11) is 0. The van der Waals surface area contributed by atoms with Crippen LogP contribution in [0.5, 0.6) is 0 Å². The lowest BCUT2D eigenvalue weighted by molar-refractivity contribution is 0.0951. The smallest absolute Gasteiger partial charge is 0.251 e. The van der Waals surface area contributed by atoms with Gasteiger partial charge in [-0.15, -0.1) is 0 Å². The largest absolute Gasteiger partial charge is 0.392 e. The third-order valence-corrected chi connectivity index (χ3v) is 3.44. The second-order valence-electron chi connectivity index (χ2n) is 4.94. The predicted octanol–water partition coefficient (Wildman–Crippen LogP) is 2.59. The zero-order chi connectivity index (χ0) is 14.7. The number of aliphatic hydroxyl groups is 1. The molecule has 0 bridgehead atoms. The third-order valence-electron chi connectivity index (χ3n) is 3.44. The topological polar surface area (TPSA) is 65.1 Å². The first-order valence-electron chi connectivity index (χ1n) is 6.80. The molecule has 1 amide bonds. The van der Waals surface area contributed by atoms with Crippen LogP contribution >= 0.6 is 0 Å². The predicted molar refractivity (Wildman–Crippen MR) is 81.8 cm³/mol. The van der Waals surface area contributed by atoms with Crippen molar-refractivity contribution >= 4 is 16.8 Å². The Hall–Kier alpha value is -2.59. The molecule has 0 spiro atoms. The van der Waals surface area contributed by atoms with Gasteiger partial charge in [-0.1, -0.05) is 30.3 Å². The third kappa shape index (κ3) is 2.95. The van der Waals surface area contributed by atoms with Gasteiger partial charge >= 0.3 is 0 Å². The Balaban J connectivity index is 1.70. The highest BCUT2D eigenvalue weighted by Crippen LogP contribution is 2.14. The van der Waals surface area contributed by atoms with Gasteiger partial charge in [0, 0.05) is 23.8 Å². The van der Waals surface area contributed by atoms with Gasteiger partial charge in [-0.05, 0) is 34.7 Å². The van der Waals surface area contributed by atoms with Gasteiger partial charge in [-0.3, -0.25) is 4.79 Å². The van der Waals surface area contributed by atoms with Crippen LogP contribution in [-0.2, 0) is 13.2 Å². The summed E-state index contributed by atoms with van der Waals surface area (Å²) in [5, 5.41) is 13.1. The van der Waals surface area contributed by atoms with Gasteiger partial charge in [0.05, 0.1) is 6.61 Å². The molecule has 0 saturated carbocycles. The Bertz CT molecular complexity index is 777. The lowest BCUT2D eigenvalue weighted by atomic mass is 10.1. The fourth-order valence-electron chi connectivity index (χ4n) is 2.31. The van der Waals surface area contributed by atoms with E-state index in [9.17, 15) is 4.79 Å². The number of benzene rings is 2. The zero-order valence-corrected chi connectivity index (χ0v) is 11.5. The minimum absolute atomic E-state index is 0.00524. The minimum atomic E-state index is -0.110. The molecule has 1 heterocycles. The van der Waals surface area contributed by atoms with Gasteiger partial charge < -0.3 is 15.4 Å². The summed E-state index contributed by atoms with van der Waals surface area (Å²) in [6.45, 7) is 0.445. The Morgan fingerprint density at radius 2 is 1.95 bits per heavy atom. The lowest BCUT2D eigenvalue weighted by Gasteiger charge is -2.07. The van der Waals surface area contributed by atoms with E-state index in [1.165, 1.54) is 0 Å². The first-order valence-corrected chi connectivity index (χ1v) is 6.80.